The first-order chi connectivity index (χ1) is 12.5. The molecule has 1 atom stereocenters. The monoisotopic (exact) mass is 364 g/mol. The van der Waals surface area contributed by atoms with Gasteiger partial charge in [0.2, 0.25) is 0 Å². The molecular formula is C19H26F2N4O. The number of rotatable bonds is 7. The van der Waals surface area contributed by atoms with Gasteiger partial charge in [0, 0.05) is 44.1 Å². The molecule has 0 aliphatic rings. The summed E-state index contributed by atoms with van der Waals surface area (Å²) in [5.41, 5.74) is 2.46. The minimum atomic E-state index is -0.573. The largest absolute Gasteiger partial charge is 0.361 e. The van der Waals surface area contributed by atoms with Gasteiger partial charge in [0.05, 0.1) is 5.69 Å². The molecule has 5 nitrogen and oxygen atoms in total. The summed E-state index contributed by atoms with van der Waals surface area (Å²) in [4.78, 5) is 4.19. The van der Waals surface area contributed by atoms with Crippen LogP contribution in [0.15, 0.2) is 27.7 Å². The molecular weight excluding hydrogens is 338 g/mol. The van der Waals surface area contributed by atoms with Crippen LogP contribution < -0.4 is 10.6 Å². The summed E-state index contributed by atoms with van der Waals surface area (Å²) in [6, 6.07) is 3.65. The van der Waals surface area contributed by atoms with Gasteiger partial charge in [-0.1, -0.05) is 32.0 Å². The SMILES string of the molecule is CCc1noc(CC)c1CNC(=NC)NCC(C)c1ccc(F)cc1F. The molecule has 0 fully saturated rings. The second kappa shape index (κ2) is 9.31. The van der Waals surface area contributed by atoms with E-state index >= 15 is 0 Å². The number of nitrogens with one attached hydrogen (secondary N) is 2. The Labute approximate surface area is 152 Å². The maximum Gasteiger partial charge on any atom is 0.191 e. The van der Waals surface area contributed by atoms with Gasteiger partial charge < -0.3 is 15.2 Å². The Bertz CT molecular complexity index is 736. The predicted molar refractivity (Wildman–Crippen MR) is 98.2 cm³/mol. The third-order valence-electron chi connectivity index (χ3n) is 4.33. The highest BCUT2D eigenvalue weighted by Gasteiger charge is 2.15. The van der Waals surface area contributed by atoms with Gasteiger partial charge in [0.25, 0.3) is 0 Å². The molecule has 2 N–H and O–H groups in total. The third kappa shape index (κ3) is 4.80. The molecule has 2 aromatic rings. The van der Waals surface area contributed by atoms with Gasteiger partial charge in [-0.3, -0.25) is 4.99 Å². The van der Waals surface area contributed by atoms with Gasteiger partial charge in [0.1, 0.15) is 17.4 Å². The fourth-order valence-corrected chi connectivity index (χ4v) is 2.79. The summed E-state index contributed by atoms with van der Waals surface area (Å²) < 4.78 is 32.3. The van der Waals surface area contributed by atoms with Crippen LogP contribution >= 0.6 is 0 Å². The van der Waals surface area contributed by atoms with E-state index in [0.717, 1.165) is 35.9 Å². The van der Waals surface area contributed by atoms with Crippen LogP contribution in [0.5, 0.6) is 0 Å². The summed E-state index contributed by atoms with van der Waals surface area (Å²) in [6.07, 6.45) is 1.57. The van der Waals surface area contributed by atoms with Crippen LogP contribution in [0.4, 0.5) is 8.78 Å². The van der Waals surface area contributed by atoms with Crippen LogP contribution in [0, 0.1) is 11.6 Å². The molecule has 7 heteroatoms. The first-order valence-electron chi connectivity index (χ1n) is 8.85. The number of aliphatic imine (C=N–C) groups is 1. The van der Waals surface area contributed by atoms with Gasteiger partial charge in [-0.15, -0.1) is 0 Å². The summed E-state index contributed by atoms with van der Waals surface area (Å²) in [5, 5.41) is 10.5. The van der Waals surface area contributed by atoms with Crippen molar-refractivity contribution in [1.82, 2.24) is 15.8 Å². The highest BCUT2D eigenvalue weighted by molar-refractivity contribution is 5.79. The number of benzene rings is 1. The van der Waals surface area contributed by atoms with Crippen molar-refractivity contribution >= 4 is 5.96 Å². The molecule has 1 unspecified atom stereocenters. The molecule has 1 aromatic carbocycles. The van der Waals surface area contributed by atoms with Crippen molar-refractivity contribution in [2.24, 2.45) is 4.99 Å². The minimum Gasteiger partial charge on any atom is -0.361 e. The lowest BCUT2D eigenvalue weighted by molar-refractivity contribution is 0.380. The van der Waals surface area contributed by atoms with Crippen molar-refractivity contribution in [3.8, 4) is 0 Å². The molecule has 1 aromatic heterocycles. The zero-order valence-electron chi connectivity index (χ0n) is 15.7. The van der Waals surface area contributed by atoms with Crippen LogP contribution in [0.1, 0.15) is 49.3 Å². The van der Waals surface area contributed by atoms with Crippen LogP contribution in [0.3, 0.4) is 0 Å². The summed E-state index contributed by atoms with van der Waals surface area (Å²) in [6.45, 7) is 6.95. The standard InChI is InChI=1S/C19H26F2N4O/c1-5-17-15(18(6-2)26-25-17)11-24-19(22-4)23-10-12(3)14-8-7-13(20)9-16(14)21/h7-9,12H,5-6,10-11H2,1-4H3,(H2,22,23,24). The highest BCUT2D eigenvalue weighted by atomic mass is 19.1. The van der Waals surface area contributed by atoms with Crippen LogP contribution in [0.2, 0.25) is 0 Å². The van der Waals surface area contributed by atoms with Crippen molar-refractivity contribution < 1.29 is 13.3 Å². The van der Waals surface area contributed by atoms with Crippen molar-refractivity contribution in [1.29, 1.82) is 0 Å². The molecule has 26 heavy (non-hydrogen) atoms. The lowest BCUT2D eigenvalue weighted by atomic mass is 10.0. The molecule has 0 bridgehead atoms. The number of halogens is 2. The van der Waals surface area contributed by atoms with Crippen molar-refractivity contribution in [3.63, 3.8) is 0 Å². The zero-order valence-corrected chi connectivity index (χ0v) is 15.7. The molecule has 0 saturated heterocycles. The second-order valence-corrected chi connectivity index (χ2v) is 6.11. The fraction of sp³-hybridized carbons (Fsp3) is 0.474. The topological polar surface area (TPSA) is 62.5 Å². The van der Waals surface area contributed by atoms with E-state index in [0.29, 0.717) is 24.6 Å². The van der Waals surface area contributed by atoms with Crippen molar-refractivity contribution in [3.05, 3.63) is 52.4 Å². The Morgan fingerprint density at radius 2 is 2.00 bits per heavy atom. The van der Waals surface area contributed by atoms with E-state index in [1.165, 1.54) is 12.1 Å². The number of aromatic nitrogens is 1. The van der Waals surface area contributed by atoms with Gasteiger partial charge in [-0.25, -0.2) is 8.78 Å². The molecule has 0 aliphatic carbocycles. The molecule has 0 spiro atoms. The third-order valence-corrected chi connectivity index (χ3v) is 4.33. The minimum absolute atomic E-state index is 0.137. The number of hydrogen-bond donors (Lipinski definition) is 2. The van der Waals surface area contributed by atoms with Gasteiger partial charge in [0.15, 0.2) is 5.96 Å². The quantitative estimate of drug-likeness (QED) is 0.583. The molecule has 0 aliphatic heterocycles. The van der Waals surface area contributed by atoms with Crippen LogP contribution in [-0.2, 0) is 19.4 Å². The number of hydrogen-bond acceptors (Lipinski definition) is 3. The van der Waals surface area contributed by atoms with E-state index in [2.05, 4.69) is 20.8 Å². The maximum absolute atomic E-state index is 13.9. The normalized spacial score (nSPS) is 12.9. The Hall–Kier alpha value is -2.44. The first kappa shape index (κ1) is 19.9. The summed E-state index contributed by atoms with van der Waals surface area (Å²) in [5.74, 6) is 0.223. The highest BCUT2D eigenvalue weighted by Crippen LogP contribution is 2.19. The molecule has 142 valence electrons. The number of guanidine groups is 1. The van der Waals surface area contributed by atoms with Crippen molar-refractivity contribution in [2.45, 2.75) is 46.1 Å². The number of nitrogens with zero attached hydrogens (tertiary/aromatic N) is 2. The van der Waals surface area contributed by atoms with Crippen molar-refractivity contribution in [2.75, 3.05) is 13.6 Å². The molecule has 1 heterocycles. The Morgan fingerprint density at radius 1 is 1.23 bits per heavy atom. The Balaban J connectivity index is 1.95. The van der Waals surface area contributed by atoms with E-state index in [1.807, 2.05) is 20.8 Å². The Kier molecular flexibility index (Phi) is 7.12. The smallest absolute Gasteiger partial charge is 0.191 e. The van der Waals surface area contributed by atoms with Crippen LogP contribution in [0.25, 0.3) is 0 Å². The molecule has 0 amide bonds. The predicted octanol–water partition coefficient (Wildman–Crippen LogP) is 3.55. The first-order valence-corrected chi connectivity index (χ1v) is 8.85. The Morgan fingerprint density at radius 3 is 2.62 bits per heavy atom. The van der Waals surface area contributed by atoms with E-state index < -0.39 is 11.6 Å². The summed E-state index contributed by atoms with van der Waals surface area (Å²) in [7, 11) is 1.67. The maximum atomic E-state index is 13.9. The van der Waals surface area contributed by atoms with Gasteiger partial charge >= 0.3 is 0 Å². The second-order valence-electron chi connectivity index (χ2n) is 6.11. The van der Waals surface area contributed by atoms with Crippen LogP contribution in [-0.4, -0.2) is 24.7 Å². The van der Waals surface area contributed by atoms with E-state index in [9.17, 15) is 8.78 Å². The van der Waals surface area contributed by atoms with E-state index in [4.69, 9.17) is 4.52 Å². The lowest BCUT2D eigenvalue weighted by Crippen LogP contribution is -2.39. The molecule has 0 saturated carbocycles. The average Bonchev–Trinajstić information content (AvgIpc) is 3.03. The molecule has 0 radical (unpaired) electrons. The molecule has 2 rings (SSSR count). The van der Waals surface area contributed by atoms with Gasteiger partial charge in [-0.05, 0) is 18.1 Å². The average molecular weight is 364 g/mol. The fourth-order valence-electron chi connectivity index (χ4n) is 2.79. The van der Waals surface area contributed by atoms with E-state index in [-0.39, 0.29) is 5.92 Å². The zero-order chi connectivity index (χ0) is 19.1. The number of aryl methyl sites for hydroxylation is 2. The summed E-state index contributed by atoms with van der Waals surface area (Å²) >= 11 is 0. The van der Waals surface area contributed by atoms with Gasteiger partial charge in [-0.2, -0.15) is 0 Å². The van der Waals surface area contributed by atoms with E-state index in [1.54, 1.807) is 7.05 Å². The lowest BCUT2D eigenvalue weighted by Gasteiger charge is -2.17.